The normalized spacial score (nSPS) is 41.1. The van der Waals surface area contributed by atoms with Crippen LogP contribution in [0, 0.1) is 30.6 Å². The molecule has 0 atom stereocenters. The van der Waals surface area contributed by atoms with Crippen LogP contribution >= 0.6 is 0 Å². The van der Waals surface area contributed by atoms with Gasteiger partial charge in [0.15, 0.2) is 0 Å². The lowest BCUT2D eigenvalue weighted by Gasteiger charge is -2.54. The van der Waals surface area contributed by atoms with Gasteiger partial charge in [0.25, 0.3) is 0 Å². The van der Waals surface area contributed by atoms with Gasteiger partial charge < -0.3 is 5.32 Å². The van der Waals surface area contributed by atoms with Crippen molar-refractivity contribution in [1.29, 1.82) is 0 Å². The summed E-state index contributed by atoms with van der Waals surface area (Å²) in [6.45, 7) is 2.11. The monoisotopic (exact) mass is 242 g/mol. The molecule has 2 heteroatoms. The van der Waals surface area contributed by atoms with E-state index in [2.05, 4.69) is 23.3 Å². The predicted molar refractivity (Wildman–Crippen MR) is 73.4 cm³/mol. The third-order valence-corrected chi connectivity index (χ3v) is 5.56. The van der Waals surface area contributed by atoms with E-state index in [9.17, 15) is 0 Å². The Bertz CT molecular complexity index is 426. The fourth-order valence-corrected chi connectivity index (χ4v) is 4.98. The lowest BCUT2D eigenvalue weighted by molar-refractivity contribution is 0.00751. The van der Waals surface area contributed by atoms with Crippen LogP contribution in [0.5, 0.6) is 0 Å². The van der Waals surface area contributed by atoms with E-state index in [0.717, 1.165) is 35.4 Å². The first-order valence-electron chi connectivity index (χ1n) is 7.47. The van der Waals surface area contributed by atoms with Gasteiger partial charge in [-0.1, -0.05) is 0 Å². The van der Waals surface area contributed by atoms with E-state index >= 15 is 0 Å². The Hall–Kier alpha value is -1.05. The van der Waals surface area contributed by atoms with Gasteiger partial charge in [-0.05, 0) is 74.8 Å². The van der Waals surface area contributed by atoms with E-state index in [0.29, 0.717) is 0 Å². The number of anilines is 1. The van der Waals surface area contributed by atoms with E-state index in [4.69, 9.17) is 0 Å². The summed E-state index contributed by atoms with van der Waals surface area (Å²) in [6.07, 6.45) is 9.32. The fourth-order valence-electron chi connectivity index (χ4n) is 4.98. The molecule has 4 aliphatic carbocycles. The molecule has 1 heterocycles. The summed E-state index contributed by atoms with van der Waals surface area (Å²) in [4.78, 5) is 4.40. The molecule has 4 bridgehead atoms. The molecule has 1 aromatic heterocycles. The number of aromatic nitrogens is 1. The number of nitrogens with zero attached hydrogens (tertiary/aromatic N) is 1. The van der Waals surface area contributed by atoms with Gasteiger partial charge in [-0.2, -0.15) is 0 Å². The van der Waals surface area contributed by atoms with E-state index in [-0.39, 0.29) is 0 Å². The molecule has 4 saturated carbocycles. The molecule has 2 nitrogen and oxygen atoms in total. The molecule has 0 amide bonds. The Labute approximate surface area is 109 Å². The smallest absolute Gasteiger partial charge is 0.0603 e. The van der Waals surface area contributed by atoms with Crippen LogP contribution in [-0.4, -0.2) is 11.0 Å². The highest BCUT2D eigenvalue weighted by atomic mass is 15.0. The SMILES string of the molecule is Cc1ncccc1NC1C2CC3CC(C2)CC1C3. The number of hydrogen-bond donors (Lipinski definition) is 1. The molecular weight excluding hydrogens is 220 g/mol. The summed E-state index contributed by atoms with van der Waals surface area (Å²) >= 11 is 0. The maximum atomic E-state index is 4.40. The van der Waals surface area contributed by atoms with E-state index in [1.165, 1.54) is 37.8 Å². The molecule has 1 aromatic rings. The minimum absolute atomic E-state index is 0.723. The second-order valence-corrected chi connectivity index (χ2v) is 6.74. The van der Waals surface area contributed by atoms with Crippen molar-refractivity contribution in [2.75, 3.05) is 5.32 Å². The lowest BCUT2D eigenvalue weighted by Crippen LogP contribution is -2.51. The van der Waals surface area contributed by atoms with Crippen molar-refractivity contribution < 1.29 is 0 Å². The molecule has 1 N–H and O–H groups in total. The quantitative estimate of drug-likeness (QED) is 0.856. The Morgan fingerprint density at radius 1 is 1.06 bits per heavy atom. The van der Waals surface area contributed by atoms with Crippen LogP contribution in [0.4, 0.5) is 5.69 Å². The van der Waals surface area contributed by atoms with Gasteiger partial charge in [-0.25, -0.2) is 0 Å². The largest absolute Gasteiger partial charge is 0.380 e. The van der Waals surface area contributed by atoms with Crippen molar-refractivity contribution in [3.8, 4) is 0 Å². The Morgan fingerprint density at radius 3 is 2.33 bits per heavy atom. The molecule has 96 valence electrons. The summed E-state index contributed by atoms with van der Waals surface area (Å²) in [7, 11) is 0. The summed E-state index contributed by atoms with van der Waals surface area (Å²) in [5.74, 6) is 3.97. The highest BCUT2D eigenvalue weighted by molar-refractivity contribution is 5.48. The molecule has 5 rings (SSSR count). The van der Waals surface area contributed by atoms with Crippen molar-refractivity contribution in [2.45, 2.75) is 45.1 Å². The third kappa shape index (κ3) is 1.65. The van der Waals surface area contributed by atoms with Crippen molar-refractivity contribution in [2.24, 2.45) is 23.7 Å². The average molecular weight is 242 g/mol. The van der Waals surface area contributed by atoms with Gasteiger partial charge in [0, 0.05) is 12.2 Å². The van der Waals surface area contributed by atoms with Crippen LogP contribution in [0.2, 0.25) is 0 Å². The first-order valence-corrected chi connectivity index (χ1v) is 7.47. The number of aryl methyl sites for hydroxylation is 1. The average Bonchev–Trinajstić information content (AvgIpc) is 2.35. The predicted octanol–water partition coefficient (Wildman–Crippen LogP) is 3.63. The Kier molecular flexibility index (Phi) is 2.39. The zero-order chi connectivity index (χ0) is 12.1. The molecule has 0 aromatic carbocycles. The molecule has 18 heavy (non-hydrogen) atoms. The fraction of sp³-hybridized carbons (Fsp3) is 0.688. The summed E-state index contributed by atoms with van der Waals surface area (Å²) in [6, 6.07) is 4.96. The van der Waals surface area contributed by atoms with E-state index in [1.807, 2.05) is 12.3 Å². The van der Waals surface area contributed by atoms with E-state index < -0.39 is 0 Å². The maximum absolute atomic E-state index is 4.40. The van der Waals surface area contributed by atoms with Crippen LogP contribution in [0.25, 0.3) is 0 Å². The maximum Gasteiger partial charge on any atom is 0.0603 e. The first kappa shape index (κ1) is 10.8. The topological polar surface area (TPSA) is 24.9 Å². The molecule has 0 unspecified atom stereocenters. The number of hydrogen-bond acceptors (Lipinski definition) is 2. The zero-order valence-electron chi connectivity index (χ0n) is 11.1. The summed E-state index contributed by atoms with van der Waals surface area (Å²) < 4.78 is 0. The summed E-state index contributed by atoms with van der Waals surface area (Å²) in [5.41, 5.74) is 2.40. The van der Waals surface area contributed by atoms with Crippen molar-refractivity contribution in [3.05, 3.63) is 24.0 Å². The second-order valence-electron chi connectivity index (χ2n) is 6.74. The molecule has 4 fully saturated rings. The first-order chi connectivity index (χ1) is 8.79. The van der Waals surface area contributed by atoms with Crippen molar-refractivity contribution in [1.82, 2.24) is 4.98 Å². The van der Waals surface area contributed by atoms with E-state index in [1.54, 1.807) is 0 Å². The number of nitrogens with one attached hydrogen (secondary N) is 1. The zero-order valence-corrected chi connectivity index (χ0v) is 11.1. The van der Waals surface area contributed by atoms with Crippen molar-refractivity contribution >= 4 is 5.69 Å². The third-order valence-electron chi connectivity index (χ3n) is 5.56. The van der Waals surface area contributed by atoms with Gasteiger partial charge in [0.2, 0.25) is 0 Å². The highest BCUT2D eigenvalue weighted by Gasteiger charge is 2.48. The number of pyridine rings is 1. The lowest BCUT2D eigenvalue weighted by atomic mass is 9.54. The van der Waals surface area contributed by atoms with Gasteiger partial charge >= 0.3 is 0 Å². The molecule has 4 aliphatic rings. The molecule has 0 radical (unpaired) electrons. The minimum Gasteiger partial charge on any atom is -0.380 e. The van der Waals surface area contributed by atoms with Crippen LogP contribution in [0.3, 0.4) is 0 Å². The van der Waals surface area contributed by atoms with Crippen LogP contribution in [0.1, 0.15) is 37.8 Å². The van der Waals surface area contributed by atoms with Crippen LogP contribution < -0.4 is 5.32 Å². The van der Waals surface area contributed by atoms with Gasteiger partial charge in [-0.15, -0.1) is 0 Å². The molecule has 0 aliphatic heterocycles. The van der Waals surface area contributed by atoms with Gasteiger partial charge in [0.1, 0.15) is 0 Å². The molecule has 0 spiro atoms. The van der Waals surface area contributed by atoms with Gasteiger partial charge in [0.05, 0.1) is 11.4 Å². The van der Waals surface area contributed by atoms with Crippen LogP contribution in [-0.2, 0) is 0 Å². The molecular formula is C16H22N2. The minimum atomic E-state index is 0.723. The van der Waals surface area contributed by atoms with Gasteiger partial charge in [-0.3, -0.25) is 4.98 Å². The van der Waals surface area contributed by atoms with Crippen molar-refractivity contribution in [3.63, 3.8) is 0 Å². The Morgan fingerprint density at radius 2 is 1.72 bits per heavy atom. The molecule has 0 saturated heterocycles. The second kappa shape index (κ2) is 3.97. The summed E-state index contributed by atoms with van der Waals surface area (Å²) in [5, 5.41) is 3.83. The standard InChI is InChI=1S/C16H22N2/c1-10-15(3-2-4-17-10)18-16-13-6-11-5-12(8-13)9-14(16)7-11/h2-4,11-14,16,18H,5-9H2,1H3. The Balaban J connectivity index is 1.57. The highest BCUT2D eigenvalue weighted by Crippen LogP contribution is 2.54. The van der Waals surface area contributed by atoms with Crippen LogP contribution in [0.15, 0.2) is 18.3 Å². The number of rotatable bonds is 2.